The average molecular weight is 318 g/mol. The summed E-state index contributed by atoms with van der Waals surface area (Å²) in [6.07, 6.45) is 5.65. The van der Waals surface area contributed by atoms with E-state index < -0.39 is 0 Å². The maximum absolute atomic E-state index is 11.5. The molecule has 110 valence electrons. The summed E-state index contributed by atoms with van der Waals surface area (Å²) in [6, 6.07) is 8.39. The molecular weight excluding hydrogens is 300 g/mol. The molecule has 0 unspecified atom stereocenters. The van der Waals surface area contributed by atoms with Crippen molar-refractivity contribution in [3.63, 3.8) is 0 Å². The Morgan fingerprint density at radius 3 is 2.43 bits per heavy atom. The summed E-state index contributed by atoms with van der Waals surface area (Å²) >= 11 is 6.24. The largest absolute Gasteiger partial charge is 0.372 e. The topological polar surface area (TPSA) is 32.3 Å². The van der Waals surface area contributed by atoms with Crippen LogP contribution in [0.4, 0.5) is 5.69 Å². The summed E-state index contributed by atoms with van der Waals surface area (Å²) in [4.78, 5) is 14.4. The van der Waals surface area contributed by atoms with Crippen LogP contribution in [0.25, 0.3) is 6.08 Å². The van der Waals surface area contributed by atoms with Gasteiger partial charge in [0.2, 0.25) is 0 Å². The SMILES string of the molecule is CCN(CC)c1ccc(C=CC=C2SC(=S)NC2=O)cc1. The number of carbonyl (C=O) groups excluding carboxylic acids is 1. The lowest BCUT2D eigenvalue weighted by atomic mass is 10.2. The lowest BCUT2D eigenvalue weighted by Crippen LogP contribution is -2.21. The Kier molecular flexibility index (Phi) is 5.59. The highest BCUT2D eigenvalue weighted by Crippen LogP contribution is 2.23. The van der Waals surface area contributed by atoms with Crippen molar-refractivity contribution in [1.29, 1.82) is 0 Å². The molecule has 1 fully saturated rings. The van der Waals surface area contributed by atoms with Gasteiger partial charge in [0, 0.05) is 18.8 Å². The molecule has 0 aliphatic carbocycles. The number of carbonyl (C=O) groups is 1. The van der Waals surface area contributed by atoms with E-state index in [-0.39, 0.29) is 5.91 Å². The van der Waals surface area contributed by atoms with Crippen LogP contribution in [0.1, 0.15) is 19.4 Å². The highest BCUT2D eigenvalue weighted by atomic mass is 32.2. The number of benzene rings is 1. The molecule has 1 amide bonds. The fraction of sp³-hybridized carbons (Fsp3) is 0.250. The first-order valence-electron chi connectivity index (χ1n) is 6.90. The molecule has 0 atom stereocenters. The molecule has 5 heteroatoms. The van der Waals surface area contributed by atoms with Crippen molar-refractivity contribution in [3.05, 3.63) is 46.9 Å². The second kappa shape index (κ2) is 7.43. The predicted octanol–water partition coefficient (Wildman–Crippen LogP) is 3.58. The number of thioether (sulfide) groups is 1. The molecule has 1 N–H and O–H groups in total. The fourth-order valence-corrected chi connectivity index (χ4v) is 3.06. The normalized spacial score (nSPS) is 16.8. The molecule has 21 heavy (non-hydrogen) atoms. The molecule has 1 aromatic carbocycles. The standard InChI is InChI=1S/C16H18N2OS2/c1-3-18(4-2)13-10-8-12(9-11-13)6-5-7-14-15(19)17-16(20)21-14/h5-11H,3-4H2,1-2H3,(H,17,19,20). The number of anilines is 1. The van der Waals surface area contributed by atoms with Crippen LogP contribution >= 0.6 is 24.0 Å². The van der Waals surface area contributed by atoms with Crippen LogP contribution in [-0.2, 0) is 4.79 Å². The number of amides is 1. The minimum Gasteiger partial charge on any atom is -0.372 e. The fourth-order valence-electron chi connectivity index (χ4n) is 2.07. The molecule has 0 bridgehead atoms. The molecule has 1 saturated heterocycles. The number of rotatable bonds is 5. The zero-order valence-corrected chi connectivity index (χ0v) is 13.8. The Morgan fingerprint density at radius 2 is 1.90 bits per heavy atom. The Morgan fingerprint density at radius 1 is 1.24 bits per heavy atom. The lowest BCUT2D eigenvalue weighted by molar-refractivity contribution is -0.115. The maximum Gasteiger partial charge on any atom is 0.263 e. The van der Waals surface area contributed by atoms with E-state index >= 15 is 0 Å². The van der Waals surface area contributed by atoms with Gasteiger partial charge in [-0.3, -0.25) is 4.79 Å². The average Bonchev–Trinajstić information content (AvgIpc) is 2.80. The molecule has 1 aliphatic rings. The van der Waals surface area contributed by atoms with Crippen LogP contribution in [-0.4, -0.2) is 23.3 Å². The van der Waals surface area contributed by atoms with Gasteiger partial charge in [-0.1, -0.05) is 48.3 Å². The van der Waals surface area contributed by atoms with Gasteiger partial charge in [0.15, 0.2) is 0 Å². The lowest BCUT2D eigenvalue weighted by Gasteiger charge is -2.20. The van der Waals surface area contributed by atoms with Gasteiger partial charge in [-0.25, -0.2) is 0 Å². The van der Waals surface area contributed by atoms with E-state index in [1.165, 1.54) is 17.4 Å². The highest BCUT2D eigenvalue weighted by Gasteiger charge is 2.20. The third-order valence-corrected chi connectivity index (χ3v) is 4.38. The number of allylic oxidation sites excluding steroid dienone is 2. The highest BCUT2D eigenvalue weighted by molar-refractivity contribution is 8.26. The summed E-state index contributed by atoms with van der Waals surface area (Å²) in [5.41, 5.74) is 2.33. The molecule has 3 nitrogen and oxygen atoms in total. The van der Waals surface area contributed by atoms with Crippen molar-refractivity contribution in [2.75, 3.05) is 18.0 Å². The van der Waals surface area contributed by atoms with Crippen molar-refractivity contribution >= 4 is 46.0 Å². The van der Waals surface area contributed by atoms with Crippen molar-refractivity contribution in [1.82, 2.24) is 5.32 Å². The van der Waals surface area contributed by atoms with E-state index in [0.29, 0.717) is 9.23 Å². The van der Waals surface area contributed by atoms with Gasteiger partial charge in [-0.2, -0.15) is 0 Å². The van der Waals surface area contributed by atoms with E-state index in [9.17, 15) is 4.79 Å². The van der Waals surface area contributed by atoms with Gasteiger partial charge >= 0.3 is 0 Å². The predicted molar refractivity (Wildman–Crippen MR) is 95.5 cm³/mol. The molecule has 0 saturated carbocycles. The summed E-state index contributed by atoms with van der Waals surface area (Å²) in [5, 5.41) is 2.60. The van der Waals surface area contributed by atoms with Crippen LogP contribution in [0, 0.1) is 0 Å². The van der Waals surface area contributed by atoms with Crippen LogP contribution < -0.4 is 10.2 Å². The minimum absolute atomic E-state index is 0.119. The quantitative estimate of drug-likeness (QED) is 0.664. The molecular formula is C16H18N2OS2. The molecule has 0 aromatic heterocycles. The summed E-state index contributed by atoms with van der Waals surface area (Å²) in [7, 11) is 0. The van der Waals surface area contributed by atoms with Gasteiger partial charge in [0.05, 0.1) is 4.91 Å². The van der Waals surface area contributed by atoms with Crippen LogP contribution in [0.5, 0.6) is 0 Å². The van der Waals surface area contributed by atoms with Crippen molar-refractivity contribution < 1.29 is 4.79 Å². The maximum atomic E-state index is 11.5. The summed E-state index contributed by atoms with van der Waals surface area (Å²) in [5.74, 6) is -0.119. The van der Waals surface area contributed by atoms with Crippen molar-refractivity contribution in [3.8, 4) is 0 Å². The van der Waals surface area contributed by atoms with Gasteiger partial charge in [0.25, 0.3) is 5.91 Å². The first kappa shape index (κ1) is 15.8. The minimum atomic E-state index is -0.119. The van der Waals surface area contributed by atoms with E-state index in [0.717, 1.165) is 18.7 Å². The van der Waals surface area contributed by atoms with Crippen molar-refractivity contribution in [2.24, 2.45) is 0 Å². The Labute approximate surface area is 135 Å². The zero-order valence-electron chi connectivity index (χ0n) is 12.1. The van der Waals surface area contributed by atoms with Crippen LogP contribution in [0.15, 0.2) is 41.3 Å². The number of hydrogen-bond acceptors (Lipinski definition) is 4. The zero-order chi connectivity index (χ0) is 15.2. The van der Waals surface area contributed by atoms with Crippen LogP contribution in [0.2, 0.25) is 0 Å². The first-order valence-corrected chi connectivity index (χ1v) is 8.13. The number of nitrogens with zero attached hydrogens (tertiary/aromatic N) is 1. The van der Waals surface area contributed by atoms with E-state index in [2.05, 4.69) is 48.3 Å². The number of nitrogens with one attached hydrogen (secondary N) is 1. The van der Waals surface area contributed by atoms with Gasteiger partial charge in [-0.15, -0.1) is 0 Å². The summed E-state index contributed by atoms with van der Waals surface area (Å²) in [6.45, 7) is 6.31. The summed E-state index contributed by atoms with van der Waals surface area (Å²) < 4.78 is 0.517. The van der Waals surface area contributed by atoms with Gasteiger partial charge < -0.3 is 10.2 Å². The second-order valence-corrected chi connectivity index (χ2v) is 6.22. The van der Waals surface area contributed by atoms with E-state index in [1.54, 1.807) is 6.08 Å². The van der Waals surface area contributed by atoms with E-state index in [1.807, 2.05) is 12.2 Å². The molecule has 1 aromatic rings. The molecule has 2 rings (SSSR count). The Balaban J connectivity index is 2.03. The molecule has 0 radical (unpaired) electrons. The number of thiocarbonyl (C=S) groups is 1. The van der Waals surface area contributed by atoms with Gasteiger partial charge in [0.1, 0.15) is 4.32 Å². The molecule has 1 aliphatic heterocycles. The van der Waals surface area contributed by atoms with Crippen molar-refractivity contribution in [2.45, 2.75) is 13.8 Å². The third kappa shape index (κ3) is 4.19. The Hall–Kier alpha value is -1.59. The smallest absolute Gasteiger partial charge is 0.263 e. The third-order valence-electron chi connectivity index (χ3n) is 3.20. The van der Waals surface area contributed by atoms with Gasteiger partial charge in [-0.05, 0) is 37.6 Å². The number of hydrogen-bond donors (Lipinski definition) is 1. The van der Waals surface area contributed by atoms with E-state index in [4.69, 9.17) is 12.2 Å². The Bertz CT molecular complexity index is 587. The molecule has 0 spiro atoms. The molecule has 1 heterocycles. The monoisotopic (exact) mass is 318 g/mol. The second-order valence-electron chi connectivity index (χ2n) is 4.50. The first-order chi connectivity index (χ1) is 10.1. The van der Waals surface area contributed by atoms with Crippen LogP contribution in [0.3, 0.4) is 0 Å².